The van der Waals surface area contributed by atoms with Gasteiger partial charge in [-0.05, 0) is 89.1 Å². The highest BCUT2D eigenvalue weighted by Crippen LogP contribution is 2.23. The summed E-state index contributed by atoms with van der Waals surface area (Å²) in [4.78, 5) is 28.1. The van der Waals surface area contributed by atoms with Crippen LogP contribution in [-0.2, 0) is 19.1 Å². The molecule has 0 bridgehead atoms. The zero-order valence-corrected chi connectivity index (χ0v) is 40.0. The Balaban J connectivity index is 4.62. The summed E-state index contributed by atoms with van der Waals surface area (Å²) in [6.07, 6.45) is 43.6. The average Bonchev–Trinajstić information content (AvgIpc) is 3.23. The van der Waals surface area contributed by atoms with Crippen LogP contribution in [0.15, 0.2) is 0 Å². The van der Waals surface area contributed by atoms with Crippen LogP contribution < -0.4 is 0 Å². The molecule has 6 heteroatoms. The maximum atomic E-state index is 12.8. The van der Waals surface area contributed by atoms with Crippen molar-refractivity contribution in [3.63, 3.8) is 0 Å². The number of carbonyl (C=O) groups excluding carboxylic acids is 2. The summed E-state index contributed by atoms with van der Waals surface area (Å²) >= 11 is 0. The third-order valence-electron chi connectivity index (χ3n) is 12.7. The van der Waals surface area contributed by atoms with Gasteiger partial charge in [-0.3, -0.25) is 9.59 Å². The van der Waals surface area contributed by atoms with Gasteiger partial charge in [0.15, 0.2) is 0 Å². The number of hydrogen-bond donors (Lipinski definition) is 1. The van der Waals surface area contributed by atoms with Crippen LogP contribution in [0.4, 0.5) is 0 Å². The molecule has 0 radical (unpaired) electrons. The molecular formula is C52H103NO5. The largest absolute Gasteiger partial charge is 0.465 e. The molecule has 0 fully saturated rings. The molecule has 0 aromatic carbocycles. The van der Waals surface area contributed by atoms with E-state index in [0.717, 1.165) is 70.9 Å². The average molecular weight is 822 g/mol. The Morgan fingerprint density at radius 1 is 0.414 bits per heavy atom. The van der Waals surface area contributed by atoms with E-state index in [1.54, 1.807) is 0 Å². The van der Waals surface area contributed by atoms with Crippen LogP contribution in [0.3, 0.4) is 0 Å². The van der Waals surface area contributed by atoms with Crippen LogP contribution in [0.25, 0.3) is 0 Å². The van der Waals surface area contributed by atoms with Gasteiger partial charge in [-0.25, -0.2) is 0 Å². The number of unbranched alkanes of at least 4 members (excludes halogenated alkanes) is 22. The molecule has 0 aliphatic rings. The Kier molecular flexibility index (Phi) is 44.5. The molecule has 1 N–H and O–H groups in total. The number of aliphatic hydroxyl groups is 1. The molecule has 0 saturated heterocycles. The van der Waals surface area contributed by atoms with E-state index in [-0.39, 0.29) is 18.5 Å². The van der Waals surface area contributed by atoms with Crippen molar-refractivity contribution in [3.8, 4) is 0 Å². The zero-order chi connectivity index (χ0) is 42.6. The van der Waals surface area contributed by atoms with E-state index in [9.17, 15) is 14.7 Å². The summed E-state index contributed by atoms with van der Waals surface area (Å²) in [7, 11) is 0. The first-order valence-corrected chi connectivity index (χ1v) is 26.1. The van der Waals surface area contributed by atoms with E-state index in [0.29, 0.717) is 43.9 Å². The van der Waals surface area contributed by atoms with Crippen LogP contribution in [0.1, 0.15) is 272 Å². The van der Waals surface area contributed by atoms with Crippen molar-refractivity contribution < 1.29 is 24.2 Å². The predicted molar refractivity (Wildman–Crippen MR) is 251 cm³/mol. The number of esters is 2. The third-order valence-corrected chi connectivity index (χ3v) is 12.7. The maximum Gasteiger partial charge on any atom is 0.305 e. The molecule has 3 unspecified atom stereocenters. The van der Waals surface area contributed by atoms with Crippen molar-refractivity contribution in [1.29, 1.82) is 0 Å². The van der Waals surface area contributed by atoms with Gasteiger partial charge in [0, 0.05) is 25.5 Å². The van der Waals surface area contributed by atoms with Crippen molar-refractivity contribution in [1.82, 2.24) is 4.90 Å². The van der Waals surface area contributed by atoms with Gasteiger partial charge >= 0.3 is 11.9 Å². The number of ether oxygens (including phenoxy) is 2. The van der Waals surface area contributed by atoms with Crippen LogP contribution in [0, 0.1) is 11.8 Å². The van der Waals surface area contributed by atoms with Crippen LogP contribution in [0.5, 0.6) is 0 Å². The van der Waals surface area contributed by atoms with Crippen LogP contribution in [-0.4, -0.2) is 60.9 Å². The highest BCUT2D eigenvalue weighted by molar-refractivity contribution is 5.69. The topological polar surface area (TPSA) is 76.1 Å². The molecule has 58 heavy (non-hydrogen) atoms. The number of nitrogens with zero attached hydrogens (tertiary/aromatic N) is 1. The van der Waals surface area contributed by atoms with Crippen molar-refractivity contribution in [2.24, 2.45) is 11.8 Å². The van der Waals surface area contributed by atoms with Crippen molar-refractivity contribution in [2.45, 2.75) is 278 Å². The first-order chi connectivity index (χ1) is 28.4. The molecule has 0 rings (SSSR count). The summed E-state index contributed by atoms with van der Waals surface area (Å²) in [5.41, 5.74) is 0. The monoisotopic (exact) mass is 822 g/mol. The van der Waals surface area contributed by atoms with Crippen molar-refractivity contribution in [2.75, 3.05) is 32.9 Å². The lowest BCUT2D eigenvalue weighted by Crippen LogP contribution is -2.36. The van der Waals surface area contributed by atoms with Gasteiger partial charge in [-0.2, -0.15) is 0 Å². The van der Waals surface area contributed by atoms with E-state index >= 15 is 0 Å². The Bertz CT molecular complexity index is 852. The Morgan fingerprint density at radius 3 is 1.12 bits per heavy atom. The lowest BCUT2D eigenvalue weighted by molar-refractivity contribution is -0.146. The second-order valence-corrected chi connectivity index (χ2v) is 18.2. The second kappa shape index (κ2) is 45.4. The van der Waals surface area contributed by atoms with Gasteiger partial charge < -0.3 is 19.5 Å². The fourth-order valence-electron chi connectivity index (χ4n) is 8.70. The molecule has 0 heterocycles. The molecule has 6 nitrogen and oxygen atoms in total. The van der Waals surface area contributed by atoms with Gasteiger partial charge in [0.1, 0.15) is 0 Å². The minimum absolute atomic E-state index is 0.000281. The Labute approximate surface area is 362 Å². The molecule has 0 spiro atoms. The predicted octanol–water partition coefficient (Wildman–Crippen LogP) is 15.5. The van der Waals surface area contributed by atoms with Crippen molar-refractivity contribution in [3.05, 3.63) is 0 Å². The summed E-state index contributed by atoms with van der Waals surface area (Å²) in [5, 5.41) is 9.39. The summed E-state index contributed by atoms with van der Waals surface area (Å²) in [6.45, 7) is 14.9. The highest BCUT2D eigenvalue weighted by atomic mass is 16.5. The normalized spacial score (nSPS) is 13.2. The zero-order valence-electron chi connectivity index (χ0n) is 40.0. The maximum absolute atomic E-state index is 12.8. The van der Waals surface area contributed by atoms with Gasteiger partial charge in [-0.15, -0.1) is 0 Å². The quantitative estimate of drug-likeness (QED) is 0.0487. The van der Waals surface area contributed by atoms with E-state index in [2.05, 4.69) is 39.5 Å². The smallest absolute Gasteiger partial charge is 0.305 e. The first kappa shape index (κ1) is 56.9. The molecule has 346 valence electrons. The minimum Gasteiger partial charge on any atom is -0.465 e. The lowest BCUT2D eigenvalue weighted by atomic mass is 9.95. The van der Waals surface area contributed by atoms with Crippen LogP contribution >= 0.6 is 0 Å². The molecular weight excluding hydrogens is 719 g/mol. The fraction of sp³-hybridized carbons (Fsp3) is 0.962. The lowest BCUT2D eigenvalue weighted by Gasteiger charge is -2.31. The first-order valence-electron chi connectivity index (χ1n) is 26.1. The van der Waals surface area contributed by atoms with Crippen LogP contribution in [0.2, 0.25) is 0 Å². The fourth-order valence-corrected chi connectivity index (χ4v) is 8.70. The summed E-state index contributed by atoms with van der Waals surface area (Å²) in [5.74, 6) is 1.05. The second-order valence-electron chi connectivity index (χ2n) is 18.2. The van der Waals surface area contributed by atoms with Crippen molar-refractivity contribution >= 4 is 11.9 Å². The van der Waals surface area contributed by atoms with Gasteiger partial charge in [0.25, 0.3) is 0 Å². The number of aliphatic hydroxyl groups excluding tert-OH is 1. The number of hydrogen-bond acceptors (Lipinski definition) is 6. The van der Waals surface area contributed by atoms with E-state index in [4.69, 9.17) is 9.47 Å². The molecule has 0 aromatic heterocycles. The highest BCUT2D eigenvalue weighted by Gasteiger charge is 2.18. The van der Waals surface area contributed by atoms with E-state index in [1.165, 1.54) is 167 Å². The SMILES string of the molecule is CCCCCCCCC(CCCCCC)COC(=O)CCCCCCC(CCCCCC(=O)OCC(CCCCCC)CCCCCCCC)N(CC)CCCCO. The molecule has 0 amide bonds. The molecule has 0 aromatic rings. The standard InChI is InChI=1S/C52H103NO5/c1-6-11-15-19-21-28-38-48(36-26-17-13-8-3)46-57-51(55)42-32-24-23-30-40-50(53(10-5)44-34-35-45-54)41-31-25-33-43-52(56)58-47-49(37-27-18-14-9-4)39-29-22-20-16-12-7-2/h48-50,54H,6-47H2,1-5H3. The Hall–Kier alpha value is -1.14. The number of rotatable bonds is 47. The van der Waals surface area contributed by atoms with E-state index < -0.39 is 0 Å². The molecule has 3 atom stereocenters. The van der Waals surface area contributed by atoms with Gasteiger partial charge in [0.2, 0.25) is 0 Å². The molecule has 0 saturated carbocycles. The van der Waals surface area contributed by atoms with Gasteiger partial charge in [-0.1, -0.05) is 195 Å². The minimum atomic E-state index is -0.00323. The summed E-state index contributed by atoms with van der Waals surface area (Å²) < 4.78 is 11.7. The summed E-state index contributed by atoms with van der Waals surface area (Å²) in [6, 6.07) is 0.539. The Morgan fingerprint density at radius 2 is 0.741 bits per heavy atom. The van der Waals surface area contributed by atoms with E-state index in [1.807, 2.05) is 0 Å². The molecule has 0 aliphatic heterocycles. The number of carbonyl (C=O) groups is 2. The third kappa shape index (κ3) is 37.8. The molecule has 0 aliphatic carbocycles. The van der Waals surface area contributed by atoms with Gasteiger partial charge in [0.05, 0.1) is 13.2 Å².